The van der Waals surface area contributed by atoms with Crippen molar-refractivity contribution in [2.75, 3.05) is 20.2 Å². The van der Waals surface area contributed by atoms with Crippen LogP contribution < -0.4 is 10.1 Å². The average molecular weight is 236 g/mol. The summed E-state index contributed by atoms with van der Waals surface area (Å²) in [6, 6.07) is 2.04. The molecule has 1 unspecified atom stereocenters. The van der Waals surface area contributed by atoms with Crippen molar-refractivity contribution in [3.63, 3.8) is 0 Å². The summed E-state index contributed by atoms with van der Waals surface area (Å²) >= 11 is 0. The molecule has 1 fully saturated rings. The number of hydrogen-bond acceptors (Lipinski definition) is 4. The van der Waals surface area contributed by atoms with Crippen LogP contribution in [-0.4, -0.2) is 35.9 Å². The predicted molar refractivity (Wildman–Crippen MR) is 66.3 cm³/mol. The van der Waals surface area contributed by atoms with E-state index in [-0.39, 0.29) is 0 Å². The lowest BCUT2D eigenvalue weighted by molar-refractivity contribution is 0.0168. The largest absolute Gasteiger partial charge is 0.481 e. The van der Waals surface area contributed by atoms with Crippen LogP contribution in [0.3, 0.4) is 0 Å². The van der Waals surface area contributed by atoms with Gasteiger partial charge in [-0.25, -0.2) is 4.98 Å². The summed E-state index contributed by atoms with van der Waals surface area (Å²) in [4.78, 5) is 4.24. The fraction of sp³-hybridized carbons (Fsp3) is 0.615. The van der Waals surface area contributed by atoms with Gasteiger partial charge in [-0.3, -0.25) is 0 Å². The van der Waals surface area contributed by atoms with Crippen molar-refractivity contribution in [1.82, 2.24) is 10.3 Å². The minimum Gasteiger partial charge on any atom is -0.481 e. The summed E-state index contributed by atoms with van der Waals surface area (Å²) in [5, 5.41) is 13.7. The minimum atomic E-state index is -0.624. The maximum Gasteiger partial charge on any atom is 0.215 e. The number of aliphatic hydroxyl groups is 1. The normalized spacial score (nSPS) is 24.6. The number of nitrogens with one attached hydrogen (secondary N) is 1. The van der Waals surface area contributed by atoms with Crippen LogP contribution >= 0.6 is 0 Å². The Hall–Kier alpha value is -1.13. The Bertz CT molecular complexity index is 387. The molecule has 1 atom stereocenters. The number of ether oxygens (including phenoxy) is 1. The molecule has 0 aliphatic carbocycles. The zero-order valence-corrected chi connectivity index (χ0v) is 10.5. The van der Waals surface area contributed by atoms with Gasteiger partial charge in [0.15, 0.2) is 0 Å². The lowest BCUT2D eigenvalue weighted by atomic mass is 9.88. The molecule has 1 aromatic heterocycles. The third-order valence-corrected chi connectivity index (χ3v) is 3.26. The van der Waals surface area contributed by atoms with Crippen molar-refractivity contribution < 1.29 is 9.84 Å². The van der Waals surface area contributed by atoms with Crippen LogP contribution in [0, 0.1) is 6.92 Å². The molecule has 4 nitrogen and oxygen atoms in total. The first kappa shape index (κ1) is 12.3. The predicted octanol–water partition coefficient (Wildman–Crippen LogP) is 1.06. The van der Waals surface area contributed by atoms with Crippen LogP contribution in [0.5, 0.6) is 5.88 Å². The summed E-state index contributed by atoms with van der Waals surface area (Å²) in [7, 11) is 1.62. The Kier molecular flexibility index (Phi) is 3.64. The van der Waals surface area contributed by atoms with Crippen LogP contribution in [0.15, 0.2) is 12.3 Å². The van der Waals surface area contributed by atoms with E-state index in [1.165, 1.54) is 0 Å². The summed E-state index contributed by atoms with van der Waals surface area (Å²) < 4.78 is 5.13. The molecule has 0 spiro atoms. The number of nitrogens with zero attached hydrogens (tertiary/aromatic N) is 1. The molecule has 0 aromatic carbocycles. The van der Waals surface area contributed by atoms with E-state index in [9.17, 15) is 5.11 Å². The smallest absolute Gasteiger partial charge is 0.215 e. The number of hydrogen-bond donors (Lipinski definition) is 2. The van der Waals surface area contributed by atoms with Gasteiger partial charge in [-0.15, -0.1) is 0 Å². The van der Waals surface area contributed by atoms with E-state index >= 15 is 0 Å². The zero-order chi connectivity index (χ0) is 12.3. The van der Waals surface area contributed by atoms with E-state index < -0.39 is 5.60 Å². The molecule has 1 aliphatic rings. The molecule has 2 heterocycles. The molecule has 0 saturated carbocycles. The lowest BCUT2D eigenvalue weighted by Crippen LogP contribution is -2.47. The summed E-state index contributed by atoms with van der Waals surface area (Å²) in [6.07, 6.45) is 4.32. The third kappa shape index (κ3) is 2.96. The van der Waals surface area contributed by atoms with Gasteiger partial charge in [0.25, 0.3) is 0 Å². The molecule has 17 heavy (non-hydrogen) atoms. The van der Waals surface area contributed by atoms with Gasteiger partial charge in [0.05, 0.1) is 12.7 Å². The van der Waals surface area contributed by atoms with Gasteiger partial charge in [0.2, 0.25) is 5.88 Å². The molecule has 0 bridgehead atoms. The monoisotopic (exact) mass is 236 g/mol. The number of piperidine rings is 1. The average Bonchev–Trinajstić information content (AvgIpc) is 2.29. The van der Waals surface area contributed by atoms with E-state index in [0.717, 1.165) is 30.5 Å². The Balaban J connectivity index is 2.10. The highest BCUT2D eigenvalue weighted by atomic mass is 16.5. The molecule has 2 rings (SSSR count). The molecule has 94 valence electrons. The molecular formula is C13H20N2O2. The number of rotatable bonds is 3. The molecule has 1 saturated heterocycles. The Labute approximate surface area is 102 Å². The molecule has 1 aliphatic heterocycles. The number of aromatic nitrogens is 1. The van der Waals surface area contributed by atoms with Crippen LogP contribution in [0.4, 0.5) is 0 Å². The minimum absolute atomic E-state index is 0.624. The van der Waals surface area contributed by atoms with Crippen LogP contribution in [0.25, 0.3) is 0 Å². The zero-order valence-electron chi connectivity index (χ0n) is 10.5. The topological polar surface area (TPSA) is 54.4 Å². The first-order chi connectivity index (χ1) is 8.13. The maximum atomic E-state index is 10.4. The highest BCUT2D eigenvalue weighted by Crippen LogP contribution is 2.23. The maximum absolute atomic E-state index is 10.4. The quantitative estimate of drug-likeness (QED) is 0.824. The number of β-amino-alcohol motifs (C(OH)–C–C–N with tert-alkyl or cyclic N) is 1. The third-order valence-electron chi connectivity index (χ3n) is 3.26. The fourth-order valence-corrected chi connectivity index (χ4v) is 2.41. The first-order valence-corrected chi connectivity index (χ1v) is 6.06. The van der Waals surface area contributed by atoms with Gasteiger partial charge in [-0.1, -0.05) is 0 Å². The summed E-state index contributed by atoms with van der Waals surface area (Å²) in [5.41, 5.74) is 1.45. The van der Waals surface area contributed by atoms with Gasteiger partial charge >= 0.3 is 0 Å². The molecule has 0 radical (unpaired) electrons. The highest BCUT2D eigenvalue weighted by molar-refractivity contribution is 5.29. The van der Waals surface area contributed by atoms with Crippen LogP contribution in [-0.2, 0) is 6.42 Å². The van der Waals surface area contributed by atoms with Crippen molar-refractivity contribution in [1.29, 1.82) is 0 Å². The molecular weight excluding hydrogens is 216 g/mol. The van der Waals surface area contributed by atoms with Crippen LogP contribution in [0.1, 0.15) is 24.0 Å². The van der Waals surface area contributed by atoms with Gasteiger partial charge < -0.3 is 15.2 Å². The second-order valence-electron chi connectivity index (χ2n) is 4.85. The molecule has 0 amide bonds. The van der Waals surface area contributed by atoms with E-state index in [4.69, 9.17) is 4.74 Å². The van der Waals surface area contributed by atoms with Gasteiger partial charge in [-0.05, 0) is 37.9 Å². The lowest BCUT2D eigenvalue weighted by Gasteiger charge is -2.32. The number of pyridine rings is 1. The Morgan fingerprint density at radius 1 is 1.59 bits per heavy atom. The van der Waals surface area contributed by atoms with E-state index in [2.05, 4.69) is 10.3 Å². The SMILES string of the molecule is COc1ncc(CC2(O)CCCNC2)cc1C. The second kappa shape index (κ2) is 5.02. The molecule has 1 aromatic rings. The van der Waals surface area contributed by atoms with E-state index in [1.807, 2.05) is 13.0 Å². The van der Waals surface area contributed by atoms with Crippen molar-refractivity contribution in [3.8, 4) is 5.88 Å². The Morgan fingerprint density at radius 2 is 2.41 bits per heavy atom. The van der Waals surface area contributed by atoms with E-state index in [0.29, 0.717) is 18.8 Å². The van der Waals surface area contributed by atoms with Crippen LogP contribution in [0.2, 0.25) is 0 Å². The second-order valence-corrected chi connectivity index (χ2v) is 4.85. The number of methoxy groups -OCH3 is 1. The fourth-order valence-electron chi connectivity index (χ4n) is 2.41. The van der Waals surface area contributed by atoms with Gasteiger partial charge in [-0.2, -0.15) is 0 Å². The van der Waals surface area contributed by atoms with Crippen molar-refractivity contribution in [2.24, 2.45) is 0 Å². The summed E-state index contributed by atoms with van der Waals surface area (Å²) in [6.45, 7) is 3.64. The number of aryl methyl sites for hydroxylation is 1. The standard InChI is InChI=1S/C13H20N2O2/c1-10-6-11(8-15-12(10)17-2)7-13(16)4-3-5-14-9-13/h6,8,14,16H,3-5,7,9H2,1-2H3. The highest BCUT2D eigenvalue weighted by Gasteiger charge is 2.29. The van der Waals surface area contributed by atoms with E-state index in [1.54, 1.807) is 13.3 Å². The van der Waals surface area contributed by atoms with Gasteiger partial charge in [0.1, 0.15) is 0 Å². The Morgan fingerprint density at radius 3 is 3.00 bits per heavy atom. The van der Waals surface area contributed by atoms with Crippen molar-refractivity contribution >= 4 is 0 Å². The van der Waals surface area contributed by atoms with Crippen molar-refractivity contribution in [3.05, 3.63) is 23.4 Å². The van der Waals surface area contributed by atoms with Crippen molar-refractivity contribution in [2.45, 2.75) is 31.8 Å². The molecule has 2 N–H and O–H groups in total. The summed E-state index contributed by atoms with van der Waals surface area (Å²) in [5.74, 6) is 0.655. The van der Waals surface area contributed by atoms with Gasteiger partial charge in [0, 0.05) is 24.7 Å². The first-order valence-electron chi connectivity index (χ1n) is 6.06. The molecule has 4 heteroatoms.